The fourth-order valence-corrected chi connectivity index (χ4v) is 2.31. The molecular weight excluding hydrogens is 240 g/mol. The van der Waals surface area contributed by atoms with Gasteiger partial charge in [0.25, 0.3) is 10.9 Å². The zero-order valence-electron chi connectivity index (χ0n) is 9.93. The van der Waals surface area contributed by atoms with Gasteiger partial charge in [0.05, 0.1) is 7.11 Å². The van der Waals surface area contributed by atoms with Crippen LogP contribution in [-0.4, -0.2) is 37.4 Å². The highest BCUT2D eigenvalue weighted by atomic mass is 16.5. The van der Waals surface area contributed by atoms with Gasteiger partial charge in [-0.3, -0.25) is 9.59 Å². The van der Waals surface area contributed by atoms with Gasteiger partial charge in [0.2, 0.25) is 0 Å². The number of hydrogen-bond donors (Lipinski definition) is 2. The van der Waals surface area contributed by atoms with Crippen LogP contribution >= 0.6 is 0 Å². The summed E-state index contributed by atoms with van der Waals surface area (Å²) in [5.41, 5.74) is -0.886. The lowest BCUT2D eigenvalue weighted by Crippen LogP contribution is -2.51. The summed E-state index contributed by atoms with van der Waals surface area (Å²) in [5.74, 6) is 0.0796. The van der Waals surface area contributed by atoms with Crippen LogP contribution in [0, 0.1) is 0 Å². The molecule has 2 N–H and O–H groups in total. The quantitative estimate of drug-likeness (QED) is 0.708. The van der Waals surface area contributed by atoms with E-state index >= 15 is 0 Å². The van der Waals surface area contributed by atoms with E-state index in [1.165, 1.54) is 7.11 Å². The molecule has 2 rings (SSSR count). The number of carboxylic acid groups (broad SMARTS) is 1. The average Bonchev–Trinajstić information content (AvgIpc) is 2.33. The standard InChI is InChI=1S/C11H14N2O5/c1-18-10-7(8(14)9(10)15)13-4-2-3-6(5-13)12-11(16)17/h6,12H,2-5H2,1H3,(H,16,17)/t6-/m0/s1. The van der Waals surface area contributed by atoms with Gasteiger partial charge >= 0.3 is 6.09 Å². The maximum Gasteiger partial charge on any atom is 0.404 e. The van der Waals surface area contributed by atoms with Gasteiger partial charge in [0.1, 0.15) is 5.69 Å². The minimum Gasteiger partial charge on any atom is -0.491 e. The Morgan fingerprint density at radius 1 is 1.44 bits per heavy atom. The lowest BCUT2D eigenvalue weighted by molar-refractivity contribution is 0.188. The summed E-state index contributed by atoms with van der Waals surface area (Å²) in [6.45, 7) is 1.01. The Hall–Kier alpha value is -2.05. The van der Waals surface area contributed by atoms with Gasteiger partial charge in [-0.25, -0.2) is 4.79 Å². The zero-order valence-corrected chi connectivity index (χ0v) is 9.93. The molecule has 0 unspecified atom stereocenters. The van der Waals surface area contributed by atoms with Crippen LogP contribution in [0.25, 0.3) is 0 Å². The first-order valence-corrected chi connectivity index (χ1v) is 5.66. The second-order valence-corrected chi connectivity index (χ2v) is 4.27. The summed E-state index contributed by atoms with van der Waals surface area (Å²) in [6.07, 6.45) is 0.395. The molecule has 1 aromatic carbocycles. The predicted molar refractivity (Wildman–Crippen MR) is 64.3 cm³/mol. The van der Waals surface area contributed by atoms with Crippen molar-refractivity contribution in [2.75, 3.05) is 25.1 Å². The molecule has 1 amide bonds. The Bertz CT molecular complexity index is 532. The molecule has 98 valence electrons. The Morgan fingerprint density at radius 3 is 2.78 bits per heavy atom. The Morgan fingerprint density at radius 2 is 2.17 bits per heavy atom. The Kier molecular flexibility index (Phi) is 3.22. The summed E-state index contributed by atoms with van der Waals surface area (Å²) in [4.78, 5) is 35.0. The molecule has 0 aliphatic carbocycles. The molecule has 1 saturated heterocycles. The van der Waals surface area contributed by atoms with Crippen molar-refractivity contribution >= 4 is 11.8 Å². The SMILES string of the molecule is COc1c(N2CCC[C@H](NC(=O)O)C2)c(=O)c1=O. The minimum absolute atomic E-state index is 0.0796. The third-order valence-electron chi connectivity index (χ3n) is 3.11. The van der Waals surface area contributed by atoms with E-state index in [-0.39, 0.29) is 17.5 Å². The second-order valence-electron chi connectivity index (χ2n) is 4.27. The van der Waals surface area contributed by atoms with Crippen LogP contribution in [0.4, 0.5) is 10.5 Å². The minimum atomic E-state index is -1.08. The number of ether oxygens (including phenoxy) is 1. The van der Waals surface area contributed by atoms with Gasteiger partial charge in [-0.15, -0.1) is 0 Å². The number of amides is 1. The van der Waals surface area contributed by atoms with Gasteiger partial charge < -0.3 is 20.1 Å². The summed E-state index contributed by atoms with van der Waals surface area (Å²) in [5, 5.41) is 11.1. The van der Waals surface area contributed by atoms with E-state index in [1.807, 2.05) is 0 Å². The number of anilines is 1. The molecule has 0 bridgehead atoms. The smallest absolute Gasteiger partial charge is 0.404 e. The van der Waals surface area contributed by atoms with E-state index in [9.17, 15) is 14.4 Å². The largest absolute Gasteiger partial charge is 0.491 e. The molecule has 1 aliphatic heterocycles. The van der Waals surface area contributed by atoms with Crippen molar-refractivity contribution < 1.29 is 14.6 Å². The average molecular weight is 254 g/mol. The monoisotopic (exact) mass is 254 g/mol. The van der Waals surface area contributed by atoms with E-state index in [4.69, 9.17) is 9.84 Å². The Labute approximate surface area is 103 Å². The molecule has 1 aromatic rings. The Balaban J connectivity index is 2.14. The maximum absolute atomic E-state index is 11.5. The van der Waals surface area contributed by atoms with Crippen molar-refractivity contribution in [2.45, 2.75) is 18.9 Å². The number of methoxy groups -OCH3 is 1. The highest BCUT2D eigenvalue weighted by Crippen LogP contribution is 2.25. The number of carbonyl (C=O) groups is 1. The van der Waals surface area contributed by atoms with Crippen LogP contribution in [0.3, 0.4) is 0 Å². The molecule has 1 heterocycles. The fourth-order valence-electron chi connectivity index (χ4n) is 2.31. The van der Waals surface area contributed by atoms with Crippen molar-refractivity contribution in [3.63, 3.8) is 0 Å². The molecule has 1 atom stereocenters. The first-order chi connectivity index (χ1) is 8.54. The van der Waals surface area contributed by atoms with Gasteiger partial charge in [-0.2, -0.15) is 0 Å². The number of nitrogens with zero attached hydrogens (tertiary/aromatic N) is 1. The van der Waals surface area contributed by atoms with Gasteiger partial charge in [0.15, 0.2) is 5.75 Å². The van der Waals surface area contributed by atoms with Gasteiger partial charge in [-0.1, -0.05) is 0 Å². The zero-order chi connectivity index (χ0) is 13.3. The summed E-state index contributed by atoms with van der Waals surface area (Å²) < 4.78 is 4.88. The normalized spacial score (nSPS) is 19.8. The van der Waals surface area contributed by atoms with Crippen LogP contribution in [-0.2, 0) is 0 Å². The molecule has 0 radical (unpaired) electrons. The molecule has 0 aromatic heterocycles. The molecule has 7 heteroatoms. The van der Waals surface area contributed by atoms with E-state index < -0.39 is 17.0 Å². The topological polar surface area (TPSA) is 95.9 Å². The molecule has 7 nitrogen and oxygen atoms in total. The van der Waals surface area contributed by atoms with E-state index in [2.05, 4.69) is 5.32 Å². The number of nitrogens with one attached hydrogen (secondary N) is 1. The highest BCUT2D eigenvalue weighted by molar-refractivity contribution is 5.66. The van der Waals surface area contributed by atoms with E-state index in [0.29, 0.717) is 13.1 Å². The fraction of sp³-hybridized carbons (Fsp3) is 0.545. The van der Waals surface area contributed by atoms with Crippen molar-refractivity contribution in [1.82, 2.24) is 5.32 Å². The van der Waals surface area contributed by atoms with Crippen molar-refractivity contribution in [1.29, 1.82) is 0 Å². The molecule has 1 fully saturated rings. The summed E-state index contributed by atoms with van der Waals surface area (Å²) >= 11 is 0. The van der Waals surface area contributed by atoms with Gasteiger partial charge in [0, 0.05) is 19.1 Å². The van der Waals surface area contributed by atoms with Crippen molar-refractivity contribution in [3.8, 4) is 5.75 Å². The van der Waals surface area contributed by atoms with Crippen molar-refractivity contribution in [2.24, 2.45) is 0 Å². The third kappa shape index (κ3) is 2.03. The third-order valence-corrected chi connectivity index (χ3v) is 3.11. The molecule has 18 heavy (non-hydrogen) atoms. The van der Waals surface area contributed by atoms with Crippen LogP contribution in [0.15, 0.2) is 9.59 Å². The van der Waals surface area contributed by atoms with Gasteiger partial charge in [-0.05, 0) is 12.8 Å². The molecule has 0 saturated carbocycles. The van der Waals surface area contributed by atoms with Crippen molar-refractivity contribution in [3.05, 3.63) is 20.4 Å². The van der Waals surface area contributed by atoms with E-state index in [1.54, 1.807) is 4.90 Å². The van der Waals surface area contributed by atoms with Crippen LogP contribution < -0.4 is 25.8 Å². The van der Waals surface area contributed by atoms with Crippen LogP contribution in [0.5, 0.6) is 5.75 Å². The van der Waals surface area contributed by atoms with Crippen LogP contribution in [0.2, 0.25) is 0 Å². The lowest BCUT2D eigenvalue weighted by atomic mass is 10.0. The lowest BCUT2D eigenvalue weighted by Gasteiger charge is -2.34. The number of hydrogen-bond acceptors (Lipinski definition) is 5. The number of piperidine rings is 1. The van der Waals surface area contributed by atoms with Crippen LogP contribution in [0.1, 0.15) is 12.8 Å². The molecular formula is C11H14N2O5. The van der Waals surface area contributed by atoms with E-state index in [0.717, 1.165) is 12.8 Å². The maximum atomic E-state index is 11.5. The number of rotatable bonds is 3. The first kappa shape index (κ1) is 12.4. The molecule has 0 spiro atoms. The molecule has 1 aliphatic rings. The first-order valence-electron chi connectivity index (χ1n) is 5.66. The second kappa shape index (κ2) is 4.67. The highest BCUT2D eigenvalue weighted by Gasteiger charge is 2.30. The predicted octanol–water partition coefficient (Wildman–Crippen LogP) is -0.472. The summed E-state index contributed by atoms with van der Waals surface area (Å²) in [7, 11) is 1.34. The summed E-state index contributed by atoms with van der Waals surface area (Å²) in [6, 6.07) is -0.231.